The van der Waals surface area contributed by atoms with Crippen LogP contribution in [-0.2, 0) is 9.53 Å². The Balaban J connectivity index is 2.16. The lowest BCUT2D eigenvalue weighted by Crippen LogP contribution is -2.17. The van der Waals surface area contributed by atoms with Crippen molar-refractivity contribution in [2.24, 2.45) is 5.92 Å². The highest BCUT2D eigenvalue weighted by molar-refractivity contribution is 5.67. The van der Waals surface area contributed by atoms with E-state index < -0.39 is 0 Å². The van der Waals surface area contributed by atoms with Gasteiger partial charge in [0.15, 0.2) is 6.10 Å². The number of benzene rings is 1. The third-order valence-corrected chi connectivity index (χ3v) is 3.04. The van der Waals surface area contributed by atoms with Crippen molar-refractivity contribution < 1.29 is 9.53 Å². The zero-order valence-corrected chi connectivity index (χ0v) is 9.61. The minimum Gasteiger partial charge on any atom is -0.449 e. The van der Waals surface area contributed by atoms with Crippen LogP contribution in [0.3, 0.4) is 0 Å². The Hall–Kier alpha value is -1.31. The molecule has 1 aromatic carbocycles. The van der Waals surface area contributed by atoms with Crippen molar-refractivity contribution in [3.8, 4) is 0 Å². The number of carbonyl (C=O) groups excluding carboxylic acids is 1. The Labute approximate surface area is 96.6 Å². The Morgan fingerprint density at radius 1 is 1.19 bits per heavy atom. The highest BCUT2D eigenvalue weighted by Gasteiger charge is 2.30. The topological polar surface area (TPSA) is 26.3 Å². The third-order valence-electron chi connectivity index (χ3n) is 3.04. The predicted octanol–water partition coefficient (Wildman–Crippen LogP) is 3.32. The molecule has 0 bridgehead atoms. The number of carbonyl (C=O) groups is 1. The van der Waals surface area contributed by atoms with Gasteiger partial charge in [-0.2, -0.15) is 0 Å². The van der Waals surface area contributed by atoms with Crippen LogP contribution in [0.5, 0.6) is 0 Å². The molecule has 0 unspecified atom stereocenters. The summed E-state index contributed by atoms with van der Waals surface area (Å²) in [5, 5.41) is 0. The second-order valence-corrected chi connectivity index (χ2v) is 4.31. The molecule has 1 fully saturated rings. The molecule has 0 aromatic heterocycles. The monoisotopic (exact) mass is 217 g/mol. The van der Waals surface area contributed by atoms with Crippen LogP contribution in [0, 0.1) is 12.0 Å². The Bertz CT molecular complexity index is 339. The van der Waals surface area contributed by atoms with Gasteiger partial charge < -0.3 is 4.74 Å². The van der Waals surface area contributed by atoms with Gasteiger partial charge >= 0.3 is 5.97 Å². The fraction of sp³-hybridized carbons (Fsp3) is 0.429. The molecule has 2 nitrogen and oxygen atoms in total. The van der Waals surface area contributed by atoms with E-state index in [-0.39, 0.29) is 5.97 Å². The van der Waals surface area contributed by atoms with Gasteiger partial charge in [-0.05, 0) is 12.8 Å². The highest BCUT2D eigenvalue weighted by atomic mass is 16.5. The van der Waals surface area contributed by atoms with Crippen molar-refractivity contribution in [3.05, 3.63) is 42.0 Å². The third kappa shape index (κ3) is 2.63. The first-order valence-corrected chi connectivity index (χ1v) is 5.88. The van der Waals surface area contributed by atoms with Crippen LogP contribution >= 0.6 is 0 Å². The zero-order chi connectivity index (χ0) is 11.4. The maximum atomic E-state index is 11.1. The molecule has 2 heteroatoms. The maximum Gasteiger partial charge on any atom is 0.303 e. The van der Waals surface area contributed by atoms with Crippen molar-refractivity contribution in [2.75, 3.05) is 0 Å². The average Bonchev–Trinajstić information content (AvgIpc) is 2.80. The summed E-state index contributed by atoms with van der Waals surface area (Å²) in [4.78, 5) is 11.1. The molecule has 2 rings (SSSR count). The van der Waals surface area contributed by atoms with Crippen LogP contribution in [-0.4, -0.2) is 5.97 Å². The number of ether oxygens (including phenoxy) is 1. The summed E-state index contributed by atoms with van der Waals surface area (Å²) in [6.07, 6.45) is 5.62. The molecule has 1 aliphatic carbocycles. The largest absolute Gasteiger partial charge is 0.449 e. The summed E-state index contributed by atoms with van der Waals surface area (Å²) in [6, 6.07) is 9.96. The lowest BCUT2D eigenvalue weighted by Gasteiger charge is -2.21. The van der Waals surface area contributed by atoms with Crippen LogP contribution in [0.1, 0.15) is 38.2 Å². The maximum absolute atomic E-state index is 11.1. The molecule has 0 N–H and O–H groups in total. The SMILES string of the molecule is CC(=O)O[C](c1ccccc1)C1CCCC1. The second-order valence-electron chi connectivity index (χ2n) is 4.31. The van der Waals surface area contributed by atoms with Crippen LogP contribution in [0.4, 0.5) is 0 Å². The number of hydrogen-bond donors (Lipinski definition) is 0. The van der Waals surface area contributed by atoms with Crippen LogP contribution < -0.4 is 0 Å². The molecule has 0 heterocycles. The van der Waals surface area contributed by atoms with Gasteiger partial charge in [0.1, 0.15) is 0 Å². The number of rotatable bonds is 3. The molecule has 85 valence electrons. The summed E-state index contributed by atoms with van der Waals surface area (Å²) < 4.78 is 5.40. The van der Waals surface area contributed by atoms with Crippen LogP contribution in [0.25, 0.3) is 0 Å². The summed E-state index contributed by atoms with van der Waals surface area (Å²) >= 11 is 0. The highest BCUT2D eigenvalue weighted by Crippen LogP contribution is 2.37. The zero-order valence-electron chi connectivity index (χ0n) is 9.61. The van der Waals surface area contributed by atoms with Gasteiger partial charge in [0, 0.05) is 18.4 Å². The van der Waals surface area contributed by atoms with Crippen molar-refractivity contribution in [3.63, 3.8) is 0 Å². The van der Waals surface area contributed by atoms with Crippen molar-refractivity contribution in [1.29, 1.82) is 0 Å². The fourth-order valence-corrected chi connectivity index (χ4v) is 2.32. The molecule has 0 atom stereocenters. The smallest absolute Gasteiger partial charge is 0.303 e. The Morgan fingerprint density at radius 3 is 2.38 bits per heavy atom. The van der Waals surface area contributed by atoms with E-state index in [1.807, 2.05) is 30.3 Å². The van der Waals surface area contributed by atoms with Gasteiger partial charge in [-0.15, -0.1) is 0 Å². The molecule has 1 aliphatic rings. The summed E-state index contributed by atoms with van der Waals surface area (Å²) in [7, 11) is 0. The summed E-state index contributed by atoms with van der Waals surface area (Å²) in [5.74, 6) is 0.206. The summed E-state index contributed by atoms with van der Waals surface area (Å²) in [5.41, 5.74) is 1.05. The first kappa shape index (κ1) is 11.2. The van der Waals surface area contributed by atoms with Gasteiger partial charge in [0.2, 0.25) is 0 Å². The number of hydrogen-bond acceptors (Lipinski definition) is 2. The Kier molecular flexibility index (Phi) is 3.60. The van der Waals surface area contributed by atoms with E-state index in [0.29, 0.717) is 5.92 Å². The minimum atomic E-state index is -0.217. The molecule has 0 aliphatic heterocycles. The van der Waals surface area contributed by atoms with Gasteiger partial charge in [0.25, 0.3) is 0 Å². The fourth-order valence-electron chi connectivity index (χ4n) is 2.32. The van der Waals surface area contributed by atoms with Gasteiger partial charge in [-0.25, -0.2) is 0 Å². The van der Waals surface area contributed by atoms with E-state index >= 15 is 0 Å². The Morgan fingerprint density at radius 2 is 1.81 bits per heavy atom. The van der Waals surface area contributed by atoms with Crippen LogP contribution in [0.15, 0.2) is 30.3 Å². The lowest BCUT2D eigenvalue weighted by atomic mass is 9.94. The molecule has 1 radical (unpaired) electrons. The molecule has 0 amide bonds. The average molecular weight is 217 g/mol. The minimum absolute atomic E-state index is 0.217. The van der Waals surface area contributed by atoms with Crippen molar-refractivity contribution in [2.45, 2.75) is 32.6 Å². The van der Waals surface area contributed by atoms with E-state index in [1.54, 1.807) is 0 Å². The van der Waals surface area contributed by atoms with Gasteiger partial charge in [-0.3, -0.25) is 4.79 Å². The molecule has 0 saturated heterocycles. The van der Waals surface area contributed by atoms with Crippen molar-refractivity contribution in [1.82, 2.24) is 0 Å². The van der Waals surface area contributed by atoms with Gasteiger partial charge in [0.05, 0.1) is 0 Å². The first-order valence-electron chi connectivity index (χ1n) is 5.88. The van der Waals surface area contributed by atoms with Gasteiger partial charge in [-0.1, -0.05) is 43.2 Å². The van der Waals surface area contributed by atoms with E-state index in [4.69, 9.17) is 4.74 Å². The first-order chi connectivity index (χ1) is 7.77. The molecule has 1 saturated carbocycles. The van der Waals surface area contributed by atoms with E-state index in [2.05, 4.69) is 0 Å². The van der Waals surface area contributed by atoms with E-state index in [1.165, 1.54) is 19.8 Å². The molecule has 0 spiro atoms. The lowest BCUT2D eigenvalue weighted by molar-refractivity contribution is -0.140. The molecular formula is C14H17O2. The van der Waals surface area contributed by atoms with Crippen molar-refractivity contribution >= 4 is 5.97 Å². The standard InChI is InChI=1S/C14H17O2/c1-11(15)16-14(13-9-5-6-10-13)12-7-3-2-4-8-12/h2-4,7-8,13H,5-6,9-10H2,1H3. The summed E-state index contributed by atoms with van der Waals surface area (Å²) in [6.45, 7) is 1.47. The molecule has 1 aromatic rings. The van der Waals surface area contributed by atoms with E-state index in [9.17, 15) is 4.79 Å². The molecule has 16 heavy (non-hydrogen) atoms. The van der Waals surface area contributed by atoms with Crippen LogP contribution in [0.2, 0.25) is 0 Å². The van der Waals surface area contributed by atoms with E-state index in [0.717, 1.165) is 24.5 Å². The molecular weight excluding hydrogens is 200 g/mol. The quantitative estimate of drug-likeness (QED) is 0.726. The normalized spacial score (nSPS) is 16.6. The second kappa shape index (κ2) is 5.15. The predicted molar refractivity (Wildman–Crippen MR) is 62.5 cm³/mol. The number of esters is 1.